The number of benzene rings is 1. The molecular formula is C16H19N5O4. The topological polar surface area (TPSA) is 112 Å². The Labute approximate surface area is 144 Å². The number of ether oxygens (including phenoxy) is 1. The van der Waals surface area contributed by atoms with E-state index in [1.54, 1.807) is 19.1 Å². The molecule has 1 aromatic heterocycles. The van der Waals surface area contributed by atoms with Crippen LogP contribution < -0.4 is 10.2 Å². The lowest BCUT2D eigenvalue weighted by atomic mass is 10.2. The zero-order chi connectivity index (χ0) is 18.4. The van der Waals surface area contributed by atoms with Crippen LogP contribution in [0.5, 0.6) is 5.75 Å². The minimum atomic E-state index is -0.587. The number of nitrogens with one attached hydrogen (secondary N) is 1. The van der Waals surface area contributed by atoms with E-state index in [9.17, 15) is 14.9 Å². The monoisotopic (exact) mass is 345 g/mol. The molecule has 0 bridgehead atoms. The fourth-order valence-corrected chi connectivity index (χ4v) is 2.10. The second-order valence-corrected chi connectivity index (χ2v) is 5.50. The van der Waals surface area contributed by atoms with Crippen molar-refractivity contribution >= 4 is 17.9 Å². The molecule has 25 heavy (non-hydrogen) atoms. The second kappa shape index (κ2) is 8.04. The highest BCUT2D eigenvalue weighted by Crippen LogP contribution is 2.17. The van der Waals surface area contributed by atoms with E-state index in [2.05, 4.69) is 15.5 Å². The third-order valence-corrected chi connectivity index (χ3v) is 3.20. The van der Waals surface area contributed by atoms with Crippen LogP contribution in [0, 0.1) is 17.0 Å². The normalized spacial score (nSPS) is 11.0. The number of para-hydroxylation sites is 1. The molecule has 2 rings (SSSR count). The Morgan fingerprint density at radius 2 is 2.20 bits per heavy atom. The van der Waals surface area contributed by atoms with Gasteiger partial charge in [0.15, 0.2) is 12.4 Å². The molecule has 1 N–H and O–H groups in total. The number of rotatable bonds is 7. The van der Waals surface area contributed by atoms with E-state index >= 15 is 0 Å². The molecule has 0 radical (unpaired) electrons. The van der Waals surface area contributed by atoms with E-state index in [0.29, 0.717) is 17.1 Å². The molecule has 0 aliphatic carbocycles. The first kappa shape index (κ1) is 18.1. The van der Waals surface area contributed by atoms with E-state index in [1.807, 2.05) is 26.0 Å². The predicted molar refractivity (Wildman–Crippen MR) is 91.6 cm³/mol. The second-order valence-electron chi connectivity index (χ2n) is 5.50. The summed E-state index contributed by atoms with van der Waals surface area (Å²) in [6.07, 6.45) is 2.59. The number of aromatic nitrogens is 2. The highest BCUT2D eigenvalue weighted by molar-refractivity contribution is 5.85. The minimum Gasteiger partial charge on any atom is -0.490 e. The number of imidazole rings is 1. The number of hydrazone groups is 1. The van der Waals surface area contributed by atoms with Crippen LogP contribution >= 0.6 is 0 Å². The van der Waals surface area contributed by atoms with Crippen LogP contribution in [0.2, 0.25) is 0 Å². The van der Waals surface area contributed by atoms with Crippen LogP contribution in [0.15, 0.2) is 35.6 Å². The molecule has 1 heterocycles. The first-order valence-corrected chi connectivity index (χ1v) is 7.62. The van der Waals surface area contributed by atoms with Crippen molar-refractivity contribution in [2.45, 2.75) is 33.4 Å². The zero-order valence-electron chi connectivity index (χ0n) is 14.2. The summed E-state index contributed by atoms with van der Waals surface area (Å²) in [6.45, 7) is 5.17. The maximum Gasteiger partial charge on any atom is 0.343 e. The van der Waals surface area contributed by atoms with Gasteiger partial charge in [-0.1, -0.05) is 12.1 Å². The van der Waals surface area contributed by atoms with Crippen LogP contribution in [-0.4, -0.2) is 32.7 Å². The molecule has 9 nitrogen and oxygen atoms in total. The van der Waals surface area contributed by atoms with Gasteiger partial charge in [-0.2, -0.15) is 5.10 Å². The van der Waals surface area contributed by atoms with Gasteiger partial charge in [-0.15, -0.1) is 0 Å². The van der Waals surface area contributed by atoms with Gasteiger partial charge >= 0.3 is 5.82 Å². The molecule has 0 fully saturated rings. The lowest BCUT2D eigenvalue weighted by Gasteiger charge is -2.11. The fraction of sp³-hybridized carbons (Fsp3) is 0.312. The van der Waals surface area contributed by atoms with Crippen molar-refractivity contribution in [2.24, 2.45) is 5.10 Å². The summed E-state index contributed by atoms with van der Waals surface area (Å²) < 4.78 is 6.86. The molecule has 1 aromatic carbocycles. The molecule has 0 saturated carbocycles. The highest BCUT2D eigenvalue weighted by atomic mass is 16.6. The molecular weight excluding hydrogens is 326 g/mol. The zero-order valence-corrected chi connectivity index (χ0v) is 14.2. The average Bonchev–Trinajstić information content (AvgIpc) is 2.89. The van der Waals surface area contributed by atoms with Crippen LogP contribution in [0.1, 0.15) is 25.2 Å². The van der Waals surface area contributed by atoms with E-state index in [0.717, 1.165) is 6.20 Å². The van der Waals surface area contributed by atoms with E-state index in [4.69, 9.17) is 4.74 Å². The van der Waals surface area contributed by atoms with E-state index in [-0.39, 0.29) is 18.5 Å². The number of nitrogens with zero attached hydrogens (tertiary/aromatic N) is 4. The van der Waals surface area contributed by atoms with Gasteiger partial charge in [0.1, 0.15) is 11.9 Å². The molecule has 0 atom stereocenters. The van der Waals surface area contributed by atoms with Gasteiger partial charge in [0.25, 0.3) is 5.91 Å². The number of hydrogen-bond acceptors (Lipinski definition) is 6. The molecule has 9 heteroatoms. The summed E-state index contributed by atoms with van der Waals surface area (Å²) >= 11 is 0. The maximum atomic E-state index is 12.0. The van der Waals surface area contributed by atoms with Gasteiger partial charge in [0.2, 0.25) is 0 Å². The molecule has 0 aliphatic heterocycles. The van der Waals surface area contributed by atoms with Gasteiger partial charge in [-0.05, 0) is 30.9 Å². The quantitative estimate of drug-likeness (QED) is 0.469. The van der Waals surface area contributed by atoms with Crippen LogP contribution in [0.3, 0.4) is 0 Å². The van der Waals surface area contributed by atoms with Crippen LogP contribution in [-0.2, 0) is 11.3 Å². The van der Waals surface area contributed by atoms with Crippen molar-refractivity contribution in [1.82, 2.24) is 15.0 Å². The molecule has 0 aliphatic rings. The standard InChI is InChI=1S/C16H19N5O4/c1-11(2)25-14-7-5-4-6-13(14)8-18-19-15(22)10-20-12(3)17-9-16(20)21(23)24/h4-9,11H,10H2,1-3H3,(H,19,22)/b18-8-. The molecule has 1 amide bonds. The Hall–Kier alpha value is -3.23. The van der Waals surface area contributed by atoms with Crippen LogP contribution in [0.4, 0.5) is 5.82 Å². The maximum absolute atomic E-state index is 12.0. The summed E-state index contributed by atoms with van der Waals surface area (Å²) in [7, 11) is 0. The average molecular weight is 345 g/mol. The smallest absolute Gasteiger partial charge is 0.343 e. The van der Waals surface area contributed by atoms with Gasteiger partial charge in [0.05, 0.1) is 12.3 Å². The first-order valence-electron chi connectivity index (χ1n) is 7.62. The molecule has 132 valence electrons. The number of carbonyl (C=O) groups excluding carboxylic acids is 1. The SMILES string of the molecule is Cc1ncc([N+](=O)[O-])n1CC(=O)N/N=C\c1ccccc1OC(C)C. The lowest BCUT2D eigenvalue weighted by Crippen LogP contribution is -2.24. The molecule has 0 saturated heterocycles. The van der Waals surface area contributed by atoms with Crippen molar-refractivity contribution in [3.63, 3.8) is 0 Å². The Kier molecular flexibility index (Phi) is 5.83. The van der Waals surface area contributed by atoms with Crippen molar-refractivity contribution in [1.29, 1.82) is 0 Å². The first-order chi connectivity index (χ1) is 11.9. The Morgan fingerprint density at radius 3 is 2.88 bits per heavy atom. The molecule has 2 aromatic rings. The highest BCUT2D eigenvalue weighted by Gasteiger charge is 2.19. The van der Waals surface area contributed by atoms with Gasteiger partial charge in [0, 0.05) is 12.5 Å². The number of amides is 1. The summed E-state index contributed by atoms with van der Waals surface area (Å²) in [4.78, 5) is 26.1. The van der Waals surface area contributed by atoms with Gasteiger partial charge in [-0.3, -0.25) is 4.79 Å². The molecule has 0 spiro atoms. The Bertz CT molecular complexity index is 798. The van der Waals surface area contributed by atoms with Crippen molar-refractivity contribution in [2.75, 3.05) is 0 Å². The number of aryl methyl sites for hydroxylation is 1. The third kappa shape index (κ3) is 4.87. The summed E-state index contributed by atoms with van der Waals surface area (Å²) in [5.74, 6) is 0.285. The largest absolute Gasteiger partial charge is 0.490 e. The minimum absolute atomic E-state index is 0.00825. The van der Waals surface area contributed by atoms with Crippen molar-refractivity contribution in [3.8, 4) is 5.75 Å². The summed E-state index contributed by atoms with van der Waals surface area (Å²) in [6, 6.07) is 7.28. The van der Waals surface area contributed by atoms with Crippen LogP contribution in [0.25, 0.3) is 0 Å². The summed E-state index contributed by atoms with van der Waals surface area (Å²) in [5.41, 5.74) is 3.06. The Balaban J connectivity index is 2.02. The lowest BCUT2D eigenvalue weighted by molar-refractivity contribution is -0.392. The van der Waals surface area contributed by atoms with Crippen molar-refractivity contribution < 1.29 is 14.5 Å². The Morgan fingerprint density at radius 1 is 1.48 bits per heavy atom. The summed E-state index contributed by atoms with van der Waals surface area (Å²) in [5, 5.41) is 14.8. The molecule has 0 unspecified atom stereocenters. The van der Waals surface area contributed by atoms with E-state index in [1.165, 1.54) is 10.8 Å². The third-order valence-electron chi connectivity index (χ3n) is 3.20. The number of nitro groups is 1. The number of hydrogen-bond donors (Lipinski definition) is 1. The van der Waals surface area contributed by atoms with E-state index < -0.39 is 10.8 Å². The van der Waals surface area contributed by atoms with Crippen molar-refractivity contribution in [3.05, 3.63) is 52.0 Å². The van der Waals surface area contributed by atoms with Gasteiger partial charge in [-0.25, -0.2) is 15.0 Å². The fourth-order valence-electron chi connectivity index (χ4n) is 2.10. The number of carbonyl (C=O) groups is 1. The predicted octanol–water partition coefficient (Wildman–Crippen LogP) is 2.04. The van der Waals surface area contributed by atoms with Gasteiger partial charge < -0.3 is 14.9 Å².